The second-order valence-electron chi connectivity index (χ2n) is 4.80. The highest BCUT2D eigenvalue weighted by Crippen LogP contribution is 2.45. The van der Waals surface area contributed by atoms with Crippen molar-refractivity contribution in [1.82, 2.24) is 9.97 Å². The van der Waals surface area contributed by atoms with E-state index in [1.807, 2.05) is 32.0 Å². The highest BCUT2D eigenvalue weighted by molar-refractivity contribution is 8.03. The number of azo groups is 1. The number of aromatic nitrogens is 2. The molecule has 22 heavy (non-hydrogen) atoms. The molecule has 0 radical (unpaired) electrons. The van der Waals surface area contributed by atoms with Crippen LogP contribution >= 0.6 is 11.8 Å². The molecule has 0 fully saturated rings. The summed E-state index contributed by atoms with van der Waals surface area (Å²) in [4.78, 5) is 10.4. The van der Waals surface area contributed by atoms with Crippen molar-refractivity contribution in [2.24, 2.45) is 10.2 Å². The van der Waals surface area contributed by atoms with Crippen molar-refractivity contribution in [2.45, 2.75) is 30.9 Å². The average molecular weight is 312 g/mol. The SMILES string of the molecule is CCC1(Oc2ncccn2)N=NC(C)=C1Sc1ccccc1. The Morgan fingerprint density at radius 1 is 1.09 bits per heavy atom. The monoisotopic (exact) mass is 312 g/mol. The smallest absolute Gasteiger partial charge is 0.318 e. The Morgan fingerprint density at radius 2 is 1.82 bits per heavy atom. The summed E-state index contributed by atoms with van der Waals surface area (Å²) in [6.45, 7) is 3.97. The predicted octanol–water partition coefficient (Wildman–Crippen LogP) is 4.45. The summed E-state index contributed by atoms with van der Waals surface area (Å²) in [5, 5.41) is 8.61. The molecule has 0 N–H and O–H groups in total. The maximum absolute atomic E-state index is 6.01. The van der Waals surface area contributed by atoms with E-state index in [2.05, 4.69) is 32.3 Å². The zero-order valence-corrected chi connectivity index (χ0v) is 13.2. The Hall–Kier alpha value is -2.21. The van der Waals surface area contributed by atoms with Crippen LogP contribution in [0.25, 0.3) is 0 Å². The lowest BCUT2D eigenvalue weighted by molar-refractivity contribution is 0.106. The van der Waals surface area contributed by atoms with E-state index in [0.29, 0.717) is 12.4 Å². The summed E-state index contributed by atoms with van der Waals surface area (Å²) in [7, 11) is 0. The van der Waals surface area contributed by atoms with Gasteiger partial charge in [-0.25, -0.2) is 9.97 Å². The highest BCUT2D eigenvalue weighted by atomic mass is 32.2. The molecule has 1 aromatic heterocycles. The third-order valence-electron chi connectivity index (χ3n) is 3.29. The molecule has 0 bridgehead atoms. The first kappa shape index (κ1) is 14.7. The molecule has 3 rings (SSSR count). The second-order valence-corrected chi connectivity index (χ2v) is 5.88. The van der Waals surface area contributed by atoms with Gasteiger partial charge in [0.25, 0.3) is 5.72 Å². The first-order chi connectivity index (χ1) is 10.7. The number of ether oxygens (including phenoxy) is 1. The lowest BCUT2D eigenvalue weighted by atomic mass is 10.1. The van der Waals surface area contributed by atoms with Crippen molar-refractivity contribution in [3.8, 4) is 6.01 Å². The fourth-order valence-electron chi connectivity index (χ4n) is 2.15. The fraction of sp³-hybridized carbons (Fsp3) is 0.250. The molecule has 112 valence electrons. The van der Waals surface area contributed by atoms with Crippen LogP contribution in [0.3, 0.4) is 0 Å². The molecule has 0 aliphatic carbocycles. The van der Waals surface area contributed by atoms with Crippen molar-refractivity contribution < 1.29 is 4.74 Å². The number of thioether (sulfide) groups is 1. The standard InChI is InChI=1S/C16H16N4OS/c1-3-16(21-15-17-10-7-11-18-15)14(12(2)19-20-16)22-13-8-5-4-6-9-13/h4-11H,3H2,1-2H3. The van der Waals surface area contributed by atoms with Crippen molar-refractivity contribution in [3.05, 3.63) is 59.4 Å². The average Bonchev–Trinajstić information content (AvgIpc) is 2.87. The summed E-state index contributed by atoms with van der Waals surface area (Å²) in [5.41, 5.74) is 0.0259. The Morgan fingerprint density at radius 3 is 2.50 bits per heavy atom. The van der Waals surface area contributed by atoms with Gasteiger partial charge in [0, 0.05) is 23.7 Å². The predicted molar refractivity (Wildman–Crippen MR) is 85.5 cm³/mol. The first-order valence-corrected chi connectivity index (χ1v) is 7.88. The minimum absolute atomic E-state index is 0.309. The molecule has 5 nitrogen and oxygen atoms in total. The molecule has 0 spiro atoms. The van der Waals surface area contributed by atoms with Crippen LogP contribution in [0, 0.1) is 0 Å². The maximum Gasteiger partial charge on any atom is 0.318 e. The minimum Gasteiger partial charge on any atom is -0.428 e. The topological polar surface area (TPSA) is 59.7 Å². The van der Waals surface area contributed by atoms with E-state index in [0.717, 1.165) is 15.5 Å². The largest absolute Gasteiger partial charge is 0.428 e. The van der Waals surface area contributed by atoms with Gasteiger partial charge in [-0.3, -0.25) is 0 Å². The molecule has 6 heteroatoms. The summed E-state index contributed by atoms with van der Waals surface area (Å²) < 4.78 is 6.01. The molecule has 1 atom stereocenters. The number of hydrogen-bond acceptors (Lipinski definition) is 6. The van der Waals surface area contributed by atoms with Gasteiger partial charge in [0.1, 0.15) is 0 Å². The van der Waals surface area contributed by atoms with Gasteiger partial charge in [0.05, 0.1) is 10.6 Å². The molecular formula is C16H16N4OS. The zero-order chi connectivity index (χ0) is 15.4. The summed E-state index contributed by atoms with van der Waals surface area (Å²) >= 11 is 1.62. The Bertz CT molecular complexity index is 703. The van der Waals surface area contributed by atoms with Crippen LogP contribution in [-0.4, -0.2) is 15.7 Å². The number of hydrogen-bond donors (Lipinski definition) is 0. The fourth-order valence-corrected chi connectivity index (χ4v) is 3.25. The second kappa shape index (κ2) is 6.27. The van der Waals surface area contributed by atoms with Crippen LogP contribution in [0.15, 0.2) is 74.5 Å². The van der Waals surface area contributed by atoms with Gasteiger partial charge in [-0.15, -0.1) is 5.11 Å². The van der Waals surface area contributed by atoms with E-state index in [-0.39, 0.29) is 0 Å². The van der Waals surface area contributed by atoms with E-state index in [1.165, 1.54) is 0 Å². The number of allylic oxidation sites excluding steroid dienone is 1. The molecule has 0 saturated carbocycles. The highest BCUT2D eigenvalue weighted by Gasteiger charge is 2.42. The van der Waals surface area contributed by atoms with Gasteiger partial charge in [-0.05, 0) is 25.1 Å². The van der Waals surface area contributed by atoms with Gasteiger partial charge in [0.2, 0.25) is 0 Å². The molecule has 2 heterocycles. The third-order valence-corrected chi connectivity index (χ3v) is 4.62. The van der Waals surface area contributed by atoms with Crippen molar-refractivity contribution in [1.29, 1.82) is 0 Å². The third kappa shape index (κ3) is 2.87. The van der Waals surface area contributed by atoms with Crippen LogP contribution in [0.1, 0.15) is 20.3 Å². The number of nitrogens with zero attached hydrogens (tertiary/aromatic N) is 4. The zero-order valence-electron chi connectivity index (χ0n) is 12.4. The minimum atomic E-state index is -0.841. The summed E-state index contributed by atoms with van der Waals surface area (Å²) in [6.07, 6.45) is 3.96. The van der Waals surface area contributed by atoms with Crippen molar-refractivity contribution in [3.63, 3.8) is 0 Å². The number of rotatable bonds is 5. The molecule has 0 amide bonds. The van der Waals surface area contributed by atoms with E-state index >= 15 is 0 Å². The molecule has 2 aromatic rings. The Balaban J connectivity index is 1.91. The lowest BCUT2D eigenvalue weighted by Gasteiger charge is -2.26. The van der Waals surface area contributed by atoms with Crippen molar-refractivity contribution >= 4 is 11.8 Å². The van der Waals surface area contributed by atoms with E-state index < -0.39 is 5.72 Å². The van der Waals surface area contributed by atoms with Crippen LogP contribution in [-0.2, 0) is 0 Å². The Labute approximate surface area is 133 Å². The maximum atomic E-state index is 6.01. The quantitative estimate of drug-likeness (QED) is 0.818. The Kier molecular flexibility index (Phi) is 4.20. The molecule has 0 saturated heterocycles. The van der Waals surface area contributed by atoms with E-state index in [9.17, 15) is 0 Å². The van der Waals surface area contributed by atoms with E-state index in [1.54, 1.807) is 30.2 Å². The summed E-state index contributed by atoms with van der Waals surface area (Å²) in [6, 6.07) is 12.2. The normalized spacial score (nSPS) is 20.5. The first-order valence-electron chi connectivity index (χ1n) is 7.07. The van der Waals surface area contributed by atoms with Crippen LogP contribution < -0.4 is 4.74 Å². The van der Waals surface area contributed by atoms with Gasteiger partial charge in [-0.2, -0.15) is 5.11 Å². The summed E-state index contributed by atoms with van der Waals surface area (Å²) in [5.74, 6) is 0. The molecular weight excluding hydrogens is 296 g/mol. The van der Waals surface area contributed by atoms with Crippen LogP contribution in [0.5, 0.6) is 6.01 Å². The lowest BCUT2D eigenvalue weighted by Crippen LogP contribution is -2.33. The number of benzene rings is 1. The van der Waals surface area contributed by atoms with Gasteiger partial charge >= 0.3 is 6.01 Å². The van der Waals surface area contributed by atoms with Gasteiger partial charge in [0.15, 0.2) is 0 Å². The van der Waals surface area contributed by atoms with Gasteiger partial charge < -0.3 is 4.74 Å². The van der Waals surface area contributed by atoms with Crippen LogP contribution in [0.2, 0.25) is 0 Å². The molecule has 1 aromatic carbocycles. The van der Waals surface area contributed by atoms with Crippen molar-refractivity contribution in [2.75, 3.05) is 0 Å². The van der Waals surface area contributed by atoms with Crippen LogP contribution in [0.4, 0.5) is 0 Å². The molecule has 1 aliphatic heterocycles. The molecule has 1 unspecified atom stereocenters. The van der Waals surface area contributed by atoms with Gasteiger partial charge in [-0.1, -0.05) is 36.9 Å². The van der Waals surface area contributed by atoms with E-state index in [4.69, 9.17) is 4.74 Å². The molecule has 1 aliphatic rings.